The molecule has 1 rings (SSSR count). The molecule has 0 atom stereocenters. The molecule has 4 nitrogen and oxygen atoms in total. The molecule has 0 radical (unpaired) electrons. The highest BCUT2D eigenvalue weighted by Gasteiger charge is 1.91. The van der Waals surface area contributed by atoms with Gasteiger partial charge in [0.15, 0.2) is 0 Å². The van der Waals surface area contributed by atoms with Crippen LogP contribution in [0.15, 0.2) is 18.6 Å². The topological polar surface area (TPSA) is 47.0 Å². The summed E-state index contributed by atoms with van der Waals surface area (Å²) in [5, 5.41) is 3.18. The van der Waals surface area contributed by atoms with Crippen molar-refractivity contribution in [2.45, 2.75) is 6.54 Å². The Bertz CT molecular complexity index is 203. The van der Waals surface area contributed by atoms with Crippen LogP contribution < -0.4 is 5.32 Å². The lowest BCUT2D eigenvalue weighted by molar-refractivity contribution is 0.199. The molecule has 12 heavy (non-hydrogen) atoms. The van der Waals surface area contributed by atoms with Gasteiger partial charge < -0.3 is 10.1 Å². The third-order valence-electron chi connectivity index (χ3n) is 1.41. The molecular formula is C8H13N3O. The normalized spacial score (nSPS) is 10.1. The predicted molar refractivity (Wildman–Crippen MR) is 45.6 cm³/mol. The van der Waals surface area contributed by atoms with Gasteiger partial charge in [-0.15, -0.1) is 0 Å². The van der Waals surface area contributed by atoms with Crippen LogP contribution in [0.3, 0.4) is 0 Å². The first kappa shape index (κ1) is 9.09. The van der Waals surface area contributed by atoms with Crippen LogP contribution in [0.2, 0.25) is 0 Å². The van der Waals surface area contributed by atoms with Gasteiger partial charge in [-0.2, -0.15) is 0 Å². The van der Waals surface area contributed by atoms with Crippen LogP contribution in [0, 0.1) is 0 Å². The Labute approximate surface area is 72.0 Å². The van der Waals surface area contributed by atoms with E-state index in [1.54, 1.807) is 25.7 Å². The van der Waals surface area contributed by atoms with Gasteiger partial charge in [0.1, 0.15) is 0 Å². The molecule has 1 aromatic heterocycles. The molecule has 0 aromatic carbocycles. The summed E-state index contributed by atoms with van der Waals surface area (Å²) in [6.45, 7) is 2.31. The molecule has 66 valence electrons. The van der Waals surface area contributed by atoms with E-state index < -0.39 is 0 Å². The maximum Gasteiger partial charge on any atom is 0.0724 e. The van der Waals surface area contributed by atoms with Crippen LogP contribution >= 0.6 is 0 Å². The van der Waals surface area contributed by atoms with E-state index in [1.807, 2.05) is 0 Å². The van der Waals surface area contributed by atoms with Gasteiger partial charge in [-0.1, -0.05) is 0 Å². The lowest BCUT2D eigenvalue weighted by Gasteiger charge is -2.01. The van der Waals surface area contributed by atoms with Gasteiger partial charge in [-0.3, -0.25) is 9.97 Å². The molecular weight excluding hydrogens is 154 g/mol. The number of hydrogen-bond donors (Lipinski definition) is 1. The standard InChI is InChI=1S/C8H13N3O/c1-12-5-4-10-7-8-6-9-2-3-11-8/h2-3,6,10H,4-5,7H2,1H3. The van der Waals surface area contributed by atoms with Gasteiger partial charge in [0.2, 0.25) is 0 Å². The fraction of sp³-hybridized carbons (Fsp3) is 0.500. The van der Waals surface area contributed by atoms with Gasteiger partial charge in [0.25, 0.3) is 0 Å². The van der Waals surface area contributed by atoms with Crippen molar-refractivity contribution in [2.24, 2.45) is 0 Å². The van der Waals surface area contributed by atoms with Gasteiger partial charge in [-0.05, 0) is 0 Å². The monoisotopic (exact) mass is 167 g/mol. The summed E-state index contributed by atoms with van der Waals surface area (Å²) in [4.78, 5) is 8.06. The summed E-state index contributed by atoms with van der Waals surface area (Å²) < 4.78 is 4.88. The zero-order chi connectivity index (χ0) is 8.65. The minimum atomic E-state index is 0.722. The highest BCUT2D eigenvalue weighted by Crippen LogP contribution is 1.87. The maximum absolute atomic E-state index is 4.88. The lowest BCUT2D eigenvalue weighted by atomic mass is 10.4. The van der Waals surface area contributed by atoms with E-state index in [2.05, 4.69) is 15.3 Å². The van der Waals surface area contributed by atoms with Gasteiger partial charge in [0, 0.05) is 38.8 Å². The summed E-state index contributed by atoms with van der Waals surface area (Å²) in [5.41, 5.74) is 0.952. The van der Waals surface area contributed by atoms with Crippen molar-refractivity contribution in [1.82, 2.24) is 15.3 Å². The number of methoxy groups -OCH3 is 1. The number of aromatic nitrogens is 2. The summed E-state index contributed by atoms with van der Waals surface area (Å²) in [6, 6.07) is 0. The minimum Gasteiger partial charge on any atom is -0.383 e. The molecule has 0 spiro atoms. The molecule has 0 amide bonds. The van der Waals surface area contributed by atoms with Crippen LogP contribution in [0.4, 0.5) is 0 Å². The summed E-state index contributed by atoms with van der Waals surface area (Å²) in [5.74, 6) is 0. The van der Waals surface area contributed by atoms with E-state index in [4.69, 9.17) is 4.74 Å². The number of hydrogen-bond acceptors (Lipinski definition) is 4. The molecule has 1 N–H and O–H groups in total. The van der Waals surface area contributed by atoms with Crippen LogP contribution in [0.25, 0.3) is 0 Å². The molecule has 0 aliphatic rings. The number of nitrogens with one attached hydrogen (secondary N) is 1. The third kappa shape index (κ3) is 3.41. The van der Waals surface area contributed by atoms with Crippen molar-refractivity contribution >= 4 is 0 Å². The van der Waals surface area contributed by atoms with Crippen molar-refractivity contribution in [3.8, 4) is 0 Å². The molecule has 4 heteroatoms. The van der Waals surface area contributed by atoms with Crippen LogP contribution in [-0.4, -0.2) is 30.2 Å². The number of nitrogens with zero attached hydrogens (tertiary/aromatic N) is 2. The average Bonchev–Trinajstić information content (AvgIpc) is 2.14. The first-order valence-electron chi connectivity index (χ1n) is 3.88. The SMILES string of the molecule is COCCNCc1cnccn1. The first-order valence-corrected chi connectivity index (χ1v) is 3.88. The van der Waals surface area contributed by atoms with E-state index in [0.29, 0.717) is 0 Å². The highest BCUT2D eigenvalue weighted by atomic mass is 16.5. The molecule has 0 saturated carbocycles. The lowest BCUT2D eigenvalue weighted by Crippen LogP contribution is -2.19. The largest absolute Gasteiger partial charge is 0.383 e. The van der Waals surface area contributed by atoms with E-state index in [9.17, 15) is 0 Å². The molecule has 0 aliphatic carbocycles. The Kier molecular flexibility index (Phi) is 4.26. The third-order valence-corrected chi connectivity index (χ3v) is 1.41. The Hall–Kier alpha value is -1.00. The van der Waals surface area contributed by atoms with Crippen molar-refractivity contribution < 1.29 is 4.74 Å². The van der Waals surface area contributed by atoms with Crippen molar-refractivity contribution in [2.75, 3.05) is 20.3 Å². The van der Waals surface area contributed by atoms with Gasteiger partial charge >= 0.3 is 0 Å². The van der Waals surface area contributed by atoms with E-state index >= 15 is 0 Å². The van der Waals surface area contributed by atoms with Crippen molar-refractivity contribution in [3.63, 3.8) is 0 Å². The Balaban J connectivity index is 2.16. The number of rotatable bonds is 5. The quantitative estimate of drug-likeness (QED) is 0.637. The first-order chi connectivity index (χ1) is 5.93. The number of ether oxygens (including phenoxy) is 1. The maximum atomic E-state index is 4.88. The Morgan fingerprint density at radius 3 is 3.08 bits per heavy atom. The smallest absolute Gasteiger partial charge is 0.0724 e. The average molecular weight is 167 g/mol. The minimum absolute atomic E-state index is 0.722. The molecule has 0 aliphatic heterocycles. The zero-order valence-corrected chi connectivity index (χ0v) is 7.16. The molecule has 1 aromatic rings. The molecule has 0 fully saturated rings. The highest BCUT2D eigenvalue weighted by molar-refractivity contribution is 4.93. The second-order valence-electron chi connectivity index (χ2n) is 2.37. The molecule has 0 saturated heterocycles. The van der Waals surface area contributed by atoms with Crippen LogP contribution in [0.1, 0.15) is 5.69 Å². The van der Waals surface area contributed by atoms with Crippen molar-refractivity contribution in [3.05, 3.63) is 24.3 Å². The second-order valence-corrected chi connectivity index (χ2v) is 2.37. The van der Waals surface area contributed by atoms with Gasteiger partial charge in [-0.25, -0.2) is 0 Å². The summed E-state index contributed by atoms with van der Waals surface area (Å²) in [7, 11) is 1.68. The zero-order valence-electron chi connectivity index (χ0n) is 7.16. The van der Waals surface area contributed by atoms with E-state index in [0.717, 1.165) is 25.4 Å². The summed E-state index contributed by atoms with van der Waals surface area (Å²) in [6.07, 6.45) is 5.10. The molecule has 0 bridgehead atoms. The van der Waals surface area contributed by atoms with E-state index in [-0.39, 0.29) is 0 Å². The van der Waals surface area contributed by atoms with Crippen molar-refractivity contribution in [1.29, 1.82) is 0 Å². The molecule has 0 unspecified atom stereocenters. The Morgan fingerprint density at radius 2 is 2.42 bits per heavy atom. The fourth-order valence-electron chi connectivity index (χ4n) is 0.812. The summed E-state index contributed by atoms with van der Waals surface area (Å²) >= 11 is 0. The second kappa shape index (κ2) is 5.62. The fourth-order valence-corrected chi connectivity index (χ4v) is 0.812. The predicted octanol–water partition coefficient (Wildman–Crippen LogP) is 0.213. The molecule has 1 heterocycles. The Morgan fingerprint density at radius 1 is 1.50 bits per heavy atom. The van der Waals surface area contributed by atoms with E-state index in [1.165, 1.54) is 0 Å². The van der Waals surface area contributed by atoms with Gasteiger partial charge in [0.05, 0.1) is 12.3 Å². The van der Waals surface area contributed by atoms with Crippen LogP contribution in [-0.2, 0) is 11.3 Å². The van der Waals surface area contributed by atoms with Crippen LogP contribution in [0.5, 0.6) is 0 Å².